The number of rotatable bonds is 5. The highest BCUT2D eigenvalue weighted by atomic mass is 16.5. The van der Waals surface area contributed by atoms with Gasteiger partial charge in [0.25, 0.3) is 5.91 Å². The number of pyridine rings is 1. The van der Waals surface area contributed by atoms with E-state index in [4.69, 9.17) is 4.74 Å². The fourth-order valence-electron chi connectivity index (χ4n) is 3.26. The van der Waals surface area contributed by atoms with E-state index >= 15 is 0 Å². The third-order valence-electron chi connectivity index (χ3n) is 5.21. The highest BCUT2D eigenvalue weighted by molar-refractivity contribution is 5.97. The molecule has 1 aromatic heterocycles. The molecule has 0 saturated carbocycles. The molecule has 164 valence electrons. The number of amides is 2. The first kappa shape index (κ1) is 23.7. The first-order valence-electron chi connectivity index (χ1n) is 10.5. The number of hydrogen-bond donors (Lipinski definition) is 1. The van der Waals surface area contributed by atoms with Crippen LogP contribution >= 0.6 is 0 Å². The van der Waals surface area contributed by atoms with Gasteiger partial charge >= 0.3 is 0 Å². The fourth-order valence-corrected chi connectivity index (χ4v) is 3.26. The third-order valence-corrected chi connectivity index (χ3v) is 5.21. The fraction of sp³-hybridized carbons (Fsp3) is 0.609. The normalized spacial score (nSPS) is 19.7. The van der Waals surface area contributed by atoms with Crippen LogP contribution in [0, 0.1) is 23.7 Å². The van der Waals surface area contributed by atoms with Crippen LogP contribution in [0.25, 0.3) is 0 Å². The Hall–Kier alpha value is -2.59. The molecule has 0 radical (unpaired) electrons. The lowest BCUT2D eigenvalue weighted by molar-refractivity contribution is -0.131. The Kier molecular flexibility index (Phi) is 8.24. The first-order valence-corrected chi connectivity index (χ1v) is 10.5. The van der Waals surface area contributed by atoms with E-state index in [1.165, 1.54) is 0 Å². The number of hydrogen-bond acceptors (Lipinski definition) is 5. The van der Waals surface area contributed by atoms with Gasteiger partial charge in [-0.15, -0.1) is 0 Å². The van der Waals surface area contributed by atoms with Crippen LogP contribution in [0.5, 0.6) is 5.88 Å². The van der Waals surface area contributed by atoms with Crippen molar-refractivity contribution in [2.45, 2.75) is 53.2 Å². The van der Waals surface area contributed by atoms with Crippen molar-refractivity contribution in [3.05, 3.63) is 23.4 Å². The van der Waals surface area contributed by atoms with Crippen LogP contribution in [0.1, 0.15) is 57.0 Å². The number of fused-ring (bicyclic) bond motifs is 1. The van der Waals surface area contributed by atoms with Crippen molar-refractivity contribution < 1.29 is 19.4 Å². The van der Waals surface area contributed by atoms with Crippen LogP contribution in [0.2, 0.25) is 0 Å². The van der Waals surface area contributed by atoms with Crippen LogP contribution < -0.4 is 4.74 Å². The molecular formula is C23H33N3O4. The lowest BCUT2D eigenvalue weighted by atomic mass is 9.99. The topological polar surface area (TPSA) is 83.0 Å². The summed E-state index contributed by atoms with van der Waals surface area (Å²) >= 11 is 0. The maximum atomic E-state index is 13.3. The SMILES string of the molecule is CCC(=O)N(C)C[C@@H]1Oc2ncc(C#CC(C)C)cc2C(=O)N([C@H](C)CO)C[C@@H]1C. The zero-order chi connectivity index (χ0) is 22.4. The Bertz CT molecular complexity index is 827. The number of aliphatic hydroxyl groups is 1. The lowest BCUT2D eigenvalue weighted by Gasteiger charge is -2.37. The molecule has 7 heteroatoms. The molecule has 2 heterocycles. The second kappa shape index (κ2) is 10.4. The monoisotopic (exact) mass is 415 g/mol. The largest absolute Gasteiger partial charge is 0.472 e. The summed E-state index contributed by atoms with van der Waals surface area (Å²) < 4.78 is 6.16. The summed E-state index contributed by atoms with van der Waals surface area (Å²) in [5.74, 6) is 6.27. The molecule has 3 atom stereocenters. The Morgan fingerprint density at radius 3 is 2.73 bits per heavy atom. The molecule has 0 unspecified atom stereocenters. The first-order chi connectivity index (χ1) is 14.2. The number of nitrogens with zero attached hydrogens (tertiary/aromatic N) is 3. The van der Waals surface area contributed by atoms with Crippen molar-refractivity contribution in [3.63, 3.8) is 0 Å². The molecule has 1 aliphatic heterocycles. The second-order valence-electron chi connectivity index (χ2n) is 8.25. The predicted octanol–water partition coefficient (Wildman–Crippen LogP) is 2.18. The van der Waals surface area contributed by atoms with Crippen LogP contribution in [0.4, 0.5) is 0 Å². The number of aromatic nitrogens is 1. The predicted molar refractivity (Wildman–Crippen MR) is 115 cm³/mol. The lowest BCUT2D eigenvalue weighted by Crippen LogP contribution is -2.50. The molecule has 2 amide bonds. The Labute approximate surface area is 179 Å². The standard InChI is InChI=1S/C23H33N3O4/c1-7-21(28)25(6)13-20-16(4)12-26(17(5)14-27)23(29)19-10-18(9-8-15(2)3)11-24-22(19)30-20/h10-11,15-17,20,27H,7,12-14H2,1-6H3/t16-,17+,20-/m0/s1. The van der Waals surface area contributed by atoms with Crippen LogP contribution in [-0.2, 0) is 4.79 Å². The van der Waals surface area contributed by atoms with Gasteiger partial charge in [-0.05, 0) is 13.0 Å². The van der Waals surface area contributed by atoms with Gasteiger partial charge in [-0.25, -0.2) is 4.98 Å². The zero-order valence-electron chi connectivity index (χ0n) is 18.8. The van der Waals surface area contributed by atoms with E-state index in [0.29, 0.717) is 30.6 Å². The van der Waals surface area contributed by atoms with E-state index in [2.05, 4.69) is 16.8 Å². The van der Waals surface area contributed by atoms with Gasteiger partial charge in [0.1, 0.15) is 11.7 Å². The van der Waals surface area contributed by atoms with Gasteiger partial charge in [-0.1, -0.05) is 39.5 Å². The van der Waals surface area contributed by atoms with Crippen molar-refractivity contribution in [1.82, 2.24) is 14.8 Å². The molecule has 2 rings (SSSR count). The van der Waals surface area contributed by atoms with Gasteiger partial charge < -0.3 is 19.6 Å². The molecule has 30 heavy (non-hydrogen) atoms. The average molecular weight is 416 g/mol. The molecule has 0 aliphatic carbocycles. The summed E-state index contributed by atoms with van der Waals surface area (Å²) in [6.07, 6.45) is 1.67. The summed E-state index contributed by atoms with van der Waals surface area (Å²) in [6.45, 7) is 10.2. The number of likely N-dealkylation sites (N-methyl/N-ethyl adjacent to an activating group) is 1. The van der Waals surface area contributed by atoms with Gasteiger partial charge in [-0.2, -0.15) is 0 Å². The van der Waals surface area contributed by atoms with Crippen LogP contribution in [0.15, 0.2) is 12.3 Å². The van der Waals surface area contributed by atoms with E-state index in [1.807, 2.05) is 34.6 Å². The van der Waals surface area contributed by atoms with Gasteiger partial charge in [0.05, 0.1) is 19.2 Å². The van der Waals surface area contributed by atoms with E-state index < -0.39 is 0 Å². The molecule has 0 spiro atoms. The average Bonchev–Trinajstić information content (AvgIpc) is 2.73. The summed E-state index contributed by atoms with van der Waals surface area (Å²) in [5.41, 5.74) is 0.965. The molecule has 1 aliphatic rings. The van der Waals surface area contributed by atoms with Gasteiger partial charge in [0, 0.05) is 43.6 Å². The maximum absolute atomic E-state index is 13.3. The number of carbonyl (C=O) groups is 2. The van der Waals surface area contributed by atoms with E-state index in [1.54, 1.807) is 29.1 Å². The molecular weight excluding hydrogens is 382 g/mol. The van der Waals surface area contributed by atoms with Crippen LogP contribution in [0.3, 0.4) is 0 Å². The number of aliphatic hydroxyl groups excluding tert-OH is 1. The summed E-state index contributed by atoms with van der Waals surface area (Å²) in [5, 5.41) is 9.70. The summed E-state index contributed by atoms with van der Waals surface area (Å²) in [6, 6.07) is 1.34. The smallest absolute Gasteiger partial charge is 0.259 e. The Balaban J connectivity index is 2.47. The van der Waals surface area contributed by atoms with E-state index in [0.717, 1.165) is 0 Å². The summed E-state index contributed by atoms with van der Waals surface area (Å²) in [4.78, 5) is 33.1. The third kappa shape index (κ3) is 5.73. The van der Waals surface area contributed by atoms with Crippen molar-refractivity contribution in [1.29, 1.82) is 0 Å². The van der Waals surface area contributed by atoms with E-state index in [9.17, 15) is 14.7 Å². The van der Waals surface area contributed by atoms with Crippen molar-refractivity contribution in [2.24, 2.45) is 11.8 Å². The summed E-state index contributed by atoms with van der Waals surface area (Å²) in [7, 11) is 1.75. The van der Waals surface area contributed by atoms with E-state index in [-0.39, 0.29) is 48.3 Å². The minimum atomic E-state index is -0.355. The molecule has 1 aromatic rings. The minimum absolute atomic E-state index is 0.0250. The molecule has 0 saturated heterocycles. The maximum Gasteiger partial charge on any atom is 0.259 e. The van der Waals surface area contributed by atoms with Crippen LogP contribution in [-0.4, -0.2) is 70.6 Å². The number of carbonyl (C=O) groups excluding carboxylic acids is 2. The highest BCUT2D eigenvalue weighted by Crippen LogP contribution is 2.27. The van der Waals surface area contributed by atoms with Gasteiger partial charge in [0.15, 0.2) is 0 Å². The Morgan fingerprint density at radius 1 is 1.43 bits per heavy atom. The van der Waals surface area contributed by atoms with Crippen molar-refractivity contribution in [3.8, 4) is 17.7 Å². The van der Waals surface area contributed by atoms with Crippen molar-refractivity contribution in [2.75, 3.05) is 26.7 Å². The molecule has 0 bridgehead atoms. The number of ether oxygens (including phenoxy) is 1. The minimum Gasteiger partial charge on any atom is -0.472 e. The molecule has 1 N–H and O–H groups in total. The Morgan fingerprint density at radius 2 is 2.13 bits per heavy atom. The molecule has 7 nitrogen and oxygen atoms in total. The highest BCUT2D eigenvalue weighted by Gasteiger charge is 2.34. The quantitative estimate of drug-likeness (QED) is 0.746. The van der Waals surface area contributed by atoms with Gasteiger partial charge in [-0.3, -0.25) is 9.59 Å². The molecule has 0 aromatic carbocycles. The van der Waals surface area contributed by atoms with Crippen molar-refractivity contribution >= 4 is 11.8 Å². The molecule has 0 fully saturated rings. The van der Waals surface area contributed by atoms with Gasteiger partial charge in [0.2, 0.25) is 11.8 Å². The zero-order valence-corrected chi connectivity index (χ0v) is 18.8. The second-order valence-corrected chi connectivity index (χ2v) is 8.25.